The van der Waals surface area contributed by atoms with E-state index in [-0.39, 0.29) is 22.2 Å². The quantitative estimate of drug-likeness (QED) is 0.386. The first-order valence-electron chi connectivity index (χ1n) is 8.21. The monoisotopic (exact) mass is 432 g/mol. The van der Waals surface area contributed by atoms with Crippen molar-refractivity contribution in [2.24, 2.45) is 0 Å². The van der Waals surface area contributed by atoms with Gasteiger partial charge in [0.15, 0.2) is 0 Å². The molecule has 29 heavy (non-hydrogen) atoms. The van der Waals surface area contributed by atoms with Gasteiger partial charge in [-0.2, -0.15) is 0 Å². The summed E-state index contributed by atoms with van der Waals surface area (Å²) in [6, 6.07) is 11.5. The predicted octanol–water partition coefficient (Wildman–Crippen LogP) is 4.50. The fraction of sp³-hybridized carbons (Fsp3) is 0.0556. The topological polar surface area (TPSA) is 122 Å². The molecular weight excluding hydrogens is 419 g/mol. The highest BCUT2D eigenvalue weighted by atomic mass is 35.5. The summed E-state index contributed by atoms with van der Waals surface area (Å²) in [5.74, 6) is -0.846. The molecule has 0 unspecified atom stereocenters. The zero-order chi connectivity index (χ0) is 21.0. The number of aromatic nitrogens is 2. The maximum absolute atomic E-state index is 12.3. The molecule has 0 saturated carbocycles. The summed E-state index contributed by atoms with van der Waals surface area (Å²) in [5.41, 5.74) is 5.79. The third kappa shape index (κ3) is 4.53. The standard InChI is InChI=1S/C18H14Cl2N6O3/c1-10-12(19)7-4-8-14(10)23-16-15(26(28)29)17(22-9-21-16)24-25-18(27)11-5-2-3-6-13(11)20/h2-9H,1H3,(H,25,27)(H2,21,22,23,24). The van der Waals surface area contributed by atoms with Gasteiger partial charge in [-0.3, -0.25) is 25.8 Å². The number of nitrogens with zero attached hydrogens (tertiary/aromatic N) is 3. The van der Waals surface area contributed by atoms with Crippen molar-refractivity contribution < 1.29 is 9.72 Å². The summed E-state index contributed by atoms with van der Waals surface area (Å²) in [4.78, 5) is 31.1. The Labute approximate surface area is 175 Å². The van der Waals surface area contributed by atoms with Crippen LogP contribution in [-0.4, -0.2) is 20.8 Å². The number of nitro groups is 1. The van der Waals surface area contributed by atoms with Crippen LogP contribution in [0.4, 0.5) is 23.0 Å². The number of amides is 1. The van der Waals surface area contributed by atoms with Crippen molar-refractivity contribution in [3.8, 4) is 0 Å². The number of nitrogens with one attached hydrogen (secondary N) is 3. The number of carbonyl (C=O) groups excluding carboxylic acids is 1. The van der Waals surface area contributed by atoms with E-state index in [0.29, 0.717) is 16.3 Å². The molecule has 3 N–H and O–H groups in total. The average molecular weight is 433 g/mol. The van der Waals surface area contributed by atoms with Crippen molar-refractivity contribution in [2.45, 2.75) is 6.92 Å². The number of halogens is 2. The highest BCUT2D eigenvalue weighted by Gasteiger charge is 2.24. The van der Waals surface area contributed by atoms with Crippen molar-refractivity contribution in [3.05, 3.63) is 80.1 Å². The van der Waals surface area contributed by atoms with E-state index in [1.807, 2.05) is 0 Å². The number of hydrogen-bond donors (Lipinski definition) is 3. The van der Waals surface area contributed by atoms with E-state index in [4.69, 9.17) is 23.2 Å². The number of carbonyl (C=O) groups is 1. The summed E-state index contributed by atoms with van der Waals surface area (Å²) in [6.07, 6.45) is 1.12. The molecule has 2 aromatic carbocycles. The van der Waals surface area contributed by atoms with Gasteiger partial charge in [-0.15, -0.1) is 0 Å². The van der Waals surface area contributed by atoms with E-state index in [1.54, 1.807) is 43.3 Å². The lowest BCUT2D eigenvalue weighted by molar-refractivity contribution is -0.383. The van der Waals surface area contributed by atoms with Crippen LogP contribution in [0.15, 0.2) is 48.8 Å². The largest absolute Gasteiger partial charge is 0.355 e. The predicted molar refractivity (Wildman–Crippen MR) is 111 cm³/mol. The van der Waals surface area contributed by atoms with E-state index in [0.717, 1.165) is 6.33 Å². The molecule has 1 amide bonds. The van der Waals surface area contributed by atoms with E-state index in [9.17, 15) is 14.9 Å². The molecule has 11 heteroatoms. The Morgan fingerprint density at radius 3 is 2.45 bits per heavy atom. The molecule has 3 aromatic rings. The molecule has 0 aliphatic heterocycles. The Kier molecular flexibility index (Phi) is 6.10. The van der Waals surface area contributed by atoms with Crippen molar-refractivity contribution >= 4 is 52.1 Å². The van der Waals surface area contributed by atoms with Crippen molar-refractivity contribution in [1.29, 1.82) is 0 Å². The van der Waals surface area contributed by atoms with Crippen molar-refractivity contribution in [3.63, 3.8) is 0 Å². The van der Waals surface area contributed by atoms with Crippen LogP contribution in [0.25, 0.3) is 0 Å². The molecule has 9 nitrogen and oxygen atoms in total. The molecule has 0 spiro atoms. The zero-order valence-corrected chi connectivity index (χ0v) is 16.5. The zero-order valence-electron chi connectivity index (χ0n) is 14.9. The van der Waals surface area contributed by atoms with Gasteiger partial charge in [-0.05, 0) is 36.8 Å². The normalized spacial score (nSPS) is 10.3. The molecular formula is C18H14Cl2N6O3. The third-order valence-corrected chi connectivity index (χ3v) is 4.68. The fourth-order valence-electron chi connectivity index (χ4n) is 2.43. The molecule has 0 atom stereocenters. The lowest BCUT2D eigenvalue weighted by atomic mass is 10.2. The van der Waals surface area contributed by atoms with Gasteiger partial charge in [0.1, 0.15) is 6.33 Å². The first-order valence-corrected chi connectivity index (χ1v) is 8.96. The van der Waals surface area contributed by atoms with Crippen LogP contribution in [0.1, 0.15) is 15.9 Å². The van der Waals surface area contributed by atoms with Gasteiger partial charge in [-0.1, -0.05) is 41.4 Å². The number of rotatable bonds is 6. The molecule has 0 bridgehead atoms. The summed E-state index contributed by atoms with van der Waals surface area (Å²) in [6.45, 7) is 1.76. The lowest BCUT2D eigenvalue weighted by Gasteiger charge is -2.13. The Bertz CT molecular complexity index is 1090. The molecule has 0 saturated heterocycles. The minimum Gasteiger partial charge on any atom is -0.334 e. The second-order valence-electron chi connectivity index (χ2n) is 5.77. The highest BCUT2D eigenvalue weighted by molar-refractivity contribution is 6.33. The van der Waals surface area contributed by atoms with Gasteiger partial charge in [0.05, 0.1) is 15.5 Å². The summed E-state index contributed by atoms with van der Waals surface area (Å²) < 4.78 is 0. The molecule has 1 aromatic heterocycles. The molecule has 148 valence electrons. The van der Waals surface area contributed by atoms with Crippen molar-refractivity contribution in [1.82, 2.24) is 15.4 Å². The average Bonchev–Trinajstić information content (AvgIpc) is 2.70. The second-order valence-corrected chi connectivity index (χ2v) is 6.59. The molecule has 0 radical (unpaired) electrons. The fourth-order valence-corrected chi connectivity index (χ4v) is 2.83. The summed E-state index contributed by atoms with van der Waals surface area (Å²) in [5, 5.41) is 15.3. The minimum atomic E-state index is -0.661. The van der Waals surface area contributed by atoms with Gasteiger partial charge in [0.2, 0.25) is 11.6 Å². The van der Waals surface area contributed by atoms with Gasteiger partial charge < -0.3 is 5.32 Å². The van der Waals surface area contributed by atoms with Crippen LogP contribution >= 0.6 is 23.2 Å². The van der Waals surface area contributed by atoms with E-state index < -0.39 is 16.5 Å². The molecule has 3 rings (SSSR count). The molecule has 0 aliphatic rings. The molecule has 1 heterocycles. The number of hydrogen-bond acceptors (Lipinski definition) is 7. The Morgan fingerprint density at radius 2 is 1.72 bits per heavy atom. The van der Waals surface area contributed by atoms with Gasteiger partial charge in [0.25, 0.3) is 5.91 Å². The summed E-state index contributed by atoms with van der Waals surface area (Å²) >= 11 is 12.1. The highest BCUT2D eigenvalue weighted by Crippen LogP contribution is 2.33. The van der Waals surface area contributed by atoms with E-state index >= 15 is 0 Å². The maximum atomic E-state index is 12.3. The molecule has 0 fully saturated rings. The van der Waals surface area contributed by atoms with Crippen LogP contribution in [0.5, 0.6) is 0 Å². The summed E-state index contributed by atoms with van der Waals surface area (Å²) in [7, 11) is 0. The van der Waals surface area contributed by atoms with Gasteiger partial charge in [-0.25, -0.2) is 9.97 Å². The minimum absolute atomic E-state index is 0.0649. The van der Waals surface area contributed by atoms with Crippen LogP contribution in [0, 0.1) is 17.0 Å². The SMILES string of the molecule is Cc1c(Cl)cccc1Nc1ncnc(NNC(=O)c2ccccc2Cl)c1[N+](=O)[O-]. The Morgan fingerprint density at radius 1 is 1.03 bits per heavy atom. The first kappa shape index (κ1) is 20.3. The van der Waals surface area contributed by atoms with Crippen LogP contribution in [0.2, 0.25) is 10.0 Å². The maximum Gasteiger partial charge on any atom is 0.355 e. The third-order valence-electron chi connectivity index (χ3n) is 3.94. The lowest BCUT2D eigenvalue weighted by Crippen LogP contribution is -2.30. The number of benzene rings is 2. The molecule has 0 aliphatic carbocycles. The van der Waals surface area contributed by atoms with Gasteiger partial charge >= 0.3 is 5.69 Å². The van der Waals surface area contributed by atoms with E-state index in [2.05, 4.69) is 26.1 Å². The van der Waals surface area contributed by atoms with Crippen LogP contribution in [-0.2, 0) is 0 Å². The Balaban J connectivity index is 1.87. The number of anilines is 3. The van der Waals surface area contributed by atoms with Crippen molar-refractivity contribution in [2.75, 3.05) is 10.7 Å². The second kappa shape index (κ2) is 8.72. The van der Waals surface area contributed by atoms with E-state index in [1.165, 1.54) is 6.07 Å². The van der Waals surface area contributed by atoms with Gasteiger partial charge in [0, 0.05) is 10.7 Å². The van der Waals surface area contributed by atoms with Crippen LogP contribution in [0.3, 0.4) is 0 Å². The van der Waals surface area contributed by atoms with Crippen LogP contribution < -0.4 is 16.2 Å². The smallest absolute Gasteiger partial charge is 0.334 e. The number of hydrazine groups is 1. The Hall–Kier alpha value is -3.43. The first-order chi connectivity index (χ1) is 13.9.